The third kappa shape index (κ3) is 4.60. The van der Waals surface area contributed by atoms with Gasteiger partial charge in [0.25, 0.3) is 0 Å². The highest BCUT2D eigenvalue weighted by molar-refractivity contribution is 5.95. The summed E-state index contributed by atoms with van der Waals surface area (Å²) in [5.74, 6) is 1.56. The van der Waals surface area contributed by atoms with Crippen LogP contribution >= 0.6 is 0 Å². The van der Waals surface area contributed by atoms with Gasteiger partial charge in [-0.15, -0.1) is 0 Å². The fourth-order valence-electron chi connectivity index (χ4n) is 3.86. The van der Waals surface area contributed by atoms with Crippen LogP contribution in [0.1, 0.15) is 35.8 Å². The Balaban J connectivity index is 1.48. The number of imidazole rings is 1. The van der Waals surface area contributed by atoms with Crippen LogP contribution in [0.25, 0.3) is 0 Å². The summed E-state index contributed by atoms with van der Waals surface area (Å²) in [6.07, 6.45) is 5.31. The molecule has 2 amide bonds. The number of amides is 2. The number of nitrogens with zero attached hydrogens (tertiary/aromatic N) is 3. The summed E-state index contributed by atoms with van der Waals surface area (Å²) in [6, 6.07) is 14.9. The number of benzene rings is 2. The van der Waals surface area contributed by atoms with E-state index in [0.29, 0.717) is 6.42 Å². The van der Waals surface area contributed by atoms with Crippen molar-refractivity contribution in [3.63, 3.8) is 0 Å². The normalized spacial score (nSPS) is 14.5. The largest absolute Gasteiger partial charge is 0.497 e. The summed E-state index contributed by atoms with van der Waals surface area (Å²) in [5.41, 5.74) is 2.70. The lowest BCUT2D eigenvalue weighted by atomic mass is 10.0. The molecule has 1 atom stereocenters. The first-order valence-electron chi connectivity index (χ1n) is 10.3. The van der Waals surface area contributed by atoms with E-state index in [4.69, 9.17) is 4.74 Å². The molecule has 1 N–H and O–H groups in total. The standard InChI is InChI=1S/C24H26N4O3/c1-27-15-13-25-24(27)23(18-7-11-20(31-2)12-8-18)26-21(29)16-17-5-9-19(10-6-17)28-14-3-4-22(28)30/h5-13,15,23H,3-4,14,16H2,1-2H3,(H,26,29)/t23-/m0/s1. The highest BCUT2D eigenvalue weighted by atomic mass is 16.5. The van der Waals surface area contributed by atoms with Gasteiger partial charge >= 0.3 is 0 Å². The number of hydrogen-bond acceptors (Lipinski definition) is 4. The summed E-state index contributed by atoms with van der Waals surface area (Å²) < 4.78 is 7.14. The molecule has 4 rings (SSSR count). The summed E-state index contributed by atoms with van der Waals surface area (Å²) in [5, 5.41) is 3.11. The molecule has 2 aromatic carbocycles. The number of methoxy groups -OCH3 is 1. The molecule has 160 valence electrons. The number of rotatable bonds is 7. The lowest BCUT2D eigenvalue weighted by Crippen LogP contribution is -2.32. The molecule has 1 aliphatic rings. The van der Waals surface area contributed by atoms with Crippen molar-refractivity contribution in [2.75, 3.05) is 18.6 Å². The Morgan fingerprint density at radius 1 is 1.16 bits per heavy atom. The van der Waals surface area contributed by atoms with Gasteiger partial charge in [0.1, 0.15) is 17.6 Å². The maximum Gasteiger partial charge on any atom is 0.227 e. The van der Waals surface area contributed by atoms with Crippen molar-refractivity contribution in [1.82, 2.24) is 14.9 Å². The van der Waals surface area contributed by atoms with E-state index in [1.165, 1.54) is 0 Å². The van der Waals surface area contributed by atoms with Crippen molar-refractivity contribution in [1.29, 1.82) is 0 Å². The molecule has 0 unspecified atom stereocenters. The monoisotopic (exact) mass is 418 g/mol. The minimum atomic E-state index is -0.375. The van der Waals surface area contributed by atoms with Crippen LogP contribution in [0.15, 0.2) is 60.9 Å². The molecule has 0 saturated carbocycles. The third-order valence-electron chi connectivity index (χ3n) is 5.56. The number of carbonyl (C=O) groups is 2. The molecule has 1 saturated heterocycles. The van der Waals surface area contributed by atoms with E-state index in [1.807, 2.05) is 66.3 Å². The quantitative estimate of drug-likeness (QED) is 0.640. The second-order valence-electron chi connectivity index (χ2n) is 7.66. The van der Waals surface area contributed by atoms with Gasteiger partial charge in [-0.1, -0.05) is 24.3 Å². The van der Waals surface area contributed by atoms with Gasteiger partial charge in [-0.05, 0) is 41.8 Å². The second kappa shape index (κ2) is 9.04. The number of aromatic nitrogens is 2. The van der Waals surface area contributed by atoms with Gasteiger partial charge in [0.15, 0.2) is 0 Å². The van der Waals surface area contributed by atoms with Crippen LogP contribution in [0.2, 0.25) is 0 Å². The van der Waals surface area contributed by atoms with Crippen LogP contribution < -0.4 is 15.0 Å². The van der Waals surface area contributed by atoms with E-state index in [2.05, 4.69) is 10.3 Å². The Hall–Kier alpha value is -3.61. The number of aryl methyl sites for hydroxylation is 1. The van der Waals surface area contributed by atoms with Crippen molar-refractivity contribution in [2.45, 2.75) is 25.3 Å². The third-order valence-corrected chi connectivity index (χ3v) is 5.56. The minimum Gasteiger partial charge on any atom is -0.497 e. The Labute approximate surface area is 181 Å². The molecular weight excluding hydrogens is 392 g/mol. The average molecular weight is 418 g/mol. The zero-order valence-electron chi connectivity index (χ0n) is 17.7. The van der Waals surface area contributed by atoms with Gasteiger partial charge in [-0.2, -0.15) is 0 Å². The highest BCUT2D eigenvalue weighted by Crippen LogP contribution is 2.24. The topological polar surface area (TPSA) is 76.5 Å². The van der Waals surface area contributed by atoms with Gasteiger partial charge in [0, 0.05) is 38.1 Å². The molecule has 1 aliphatic heterocycles. The summed E-state index contributed by atoms with van der Waals surface area (Å²) in [6.45, 7) is 0.756. The summed E-state index contributed by atoms with van der Waals surface area (Å²) >= 11 is 0. The molecule has 0 radical (unpaired) electrons. The zero-order valence-corrected chi connectivity index (χ0v) is 17.7. The van der Waals surface area contributed by atoms with E-state index < -0.39 is 0 Å². The van der Waals surface area contributed by atoms with Crippen molar-refractivity contribution in [3.8, 4) is 5.75 Å². The SMILES string of the molecule is COc1ccc([C@H](NC(=O)Cc2ccc(N3CCCC3=O)cc2)c2nccn2C)cc1. The van der Waals surface area contributed by atoms with Gasteiger partial charge < -0.3 is 19.5 Å². The maximum atomic E-state index is 12.9. The number of ether oxygens (including phenoxy) is 1. The predicted molar refractivity (Wildman–Crippen MR) is 118 cm³/mol. The second-order valence-corrected chi connectivity index (χ2v) is 7.66. The van der Waals surface area contributed by atoms with Gasteiger partial charge in [-0.25, -0.2) is 4.98 Å². The van der Waals surface area contributed by atoms with E-state index in [1.54, 1.807) is 18.2 Å². The number of anilines is 1. The van der Waals surface area contributed by atoms with E-state index in [-0.39, 0.29) is 24.3 Å². The smallest absolute Gasteiger partial charge is 0.227 e. The molecule has 7 heteroatoms. The van der Waals surface area contributed by atoms with Crippen molar-refractivity contribution in [2.24, 2.45) is 7.05 Å². The molecule has 7 nitrogen and oxygen atoms in total. The molecule has 0 spiro atoms. The first-order chi connectivity index (χ1) is 15.0. The Morgan fingerprint density at radius 2 is 1.90 bits per heavy atom. The molecule has 0 aliphatic carbocycles. The first kappa shape index (κ1) is 20.7. The Kier molecular flexibility index (Phi) is 6.02. The van der Waals surface area contributed by atoms with Crippen molar-refractivity contribution >= 4 is 17.5 Å². The fraction of sp³-hybridized carbons (Fsp3) is 0.292. The number of carbonyl (C=O) groups excluding carboxylic acids is 2. The molecule has 31 heavy (non-hydrogen) atoms. The van der Waals surface area contributed by atoms with Crippen LogP contribution in [0.3, 0.4) is 0 Å². The van der Waals surface area contributed by atoms with E-state index in [0.717, 1.165) is 41.4 Å². The van der Waals surface area contributed by atoms with Gasteiger partial charge in [0.2, 0.25) is 11.8 Å². The van der Waals surface area contributed by atoms with Crippen LogP contribution in [0.5, 0.6) is 5.75 Å². The molecular formula is C24H26N4O3. The van der Waals surface area contributed by atoms with Gasteiger partial charge in [-0.3, -0.25) is 9.59 Å². The van der Waals surface area contributed by atoms with Crippen LogP contribution in [0, 0.1) is 0 Å². The van der Waals surface area contributed by atoms with E-state index in [9.17, 15) is 9.59 Å². The highest BCUT2D eigenvalue weighted by Gasteiger charge is 2.23. The van der Waals surface area contributed by atoms with Crippen LogP contribution in [-0.4, -0.2) is 35.0 Å². The molecule has 2 heterocycles. The average Bonchev–Trinajstić information content (AvgIpc) is 3.41. The van der Waals surface area contributed by atoms with Crippen molar-refractivity contribution < 1.29 is 14.3 Å². The molecule has 0 bridgehead atoms. The first-order valence-corrected chi connectivity index (χ1v) is 10.3. The maximum absolute atomic E-state index is 12.9. The Bertz CT molecular complexity index is 1060. The predicted octanol–water partition coefficient (Wildman–Crippen LogP) is 3.00. The van der Waals surface area contributed by atoms with Crippen molar-refractivity contribution in [3.05, 3.63) is 77.9 Å². The van der Waals surface area contributed by atoms with Crippen LogP contribution in [-0.2, 0) is 23.1 Å². The minimum absolute atomic E-state index is 0.103. The molecule has 1 fully saturated rings. The zero-order chi connectivity index (χ0) is 21.8. The Morgan fingerprint density at radius 3 is 2.48 bits per heavy atom. The van der Waals surface area contributed by atoms with Gasteiger partial charge in [0.05, 0.1) is 13.5 Å². The fourth-order valence-corrected chi connectivity index (χ4v) is 3.86. The molecule has 3 aromatic rings. The lowest BCUT2D eigenvalue weighted by Gasteiger charge is -2.20. The summed E-state index contributed by atoms with van der Waals surface area (Å²) in [7, 11) is 3.53. The number of hydrogen-bond donors (Lipinski definition) is 1. The van der Waals surface area contributed by atoms with Crippen LogP contribution in [0.4, 0.5) is 5.69 Å². The van der Waals surface area contributed by atoms with E-state index >= 15 is 0 Å². The molecule has 1 aromatic heterocycles. The lowest BCUT2D eigenvalue weighted by molar-refractivity contribution is -0.121. The summed E-state index contributed by atoms with van der Waals surface area (Å²) in [4.78, 5) is 31.0. The number of nitrogens with one attached hydrogen (secondary N) is 1.